The van der Waals surface area contributed by atoms with Crippen LogP contribution in [0, 0.1) is 12.3 Å². The van der Waals surface area contributed by atoms with Gasteiger partial charge in [-0.2, -0.15) is 0 Å². The first-order valence-electron chi connectivity index (χ1n) is 5.77. The Bertz CT molecular complexity index is 451. The number of aliphatic carboxylic acids is 1. The third-order valence-electron chi connectivity index (χ3n) is 2.76. The summed E-state index contributed by atoms with van der Waals surface area (Å²) in [7, 11) is 0. The zero-order valence-electron chi connectivity index (χ0n) is 10.3. The number of carbonyl (C=O) groups is 1. The summed E-state index contributed by atoms with van der Waals surface area (Å²) in [5, 5.41) is 18.7. The number of carboxylic acid groups (broad SMARTS) is 1. The number of para-hydroxylation sites is 1. The van der Waals surface area contributed by atoms with Crippen LogP contribution in [0.25, 0.3) is 0 Å². The minimum absolute atomic E-state index is 0.142. The molecule has 0 spiro atoms. The van der Waals surface area contributed by atoms with Crippen molar-refractivity contribution in [1.29, 1.82) is 0 Å². The molecule has 2 N–H and O–H groups in total. The molecule has 0 heterocycles. The summed E-state index contributed by atoms with van der Waals surface area (Å²) in [6, 6.07) is 6.72. The van der Waals surface area contributed by atoms with Crippen molar-refractivity contribution in [2.75, 3.05) is 13.1 Å². The van der Waals surface area contributed by atoms with Crippen molar-refractivity contribution in [1.82, 2.24) is 4.90 Å². The molecule has 1 atom stereocenters. The number of nitrogens with zero attached hydrogens (tertiary/aromatic N) is 1. The fraction of sp³-hybridized carbons (Fsp3) is 0.357. The van der Waals surface area contributed by atoms with Crippen molar-refractivity contribution in [2.45, 2.75) is 19.4 Å². The van der Waals surface area contributed by atoms with Crippen LogP contribution in [0.5, 0.6) is 5.75 Å². The van der Waals surface area contributed by atoms with Gasteiger partial charge in [-0.05, 0) is 12.5 Å². The van der Waals surface area contributed by atoms with E-state index in [4.69, 9.17) is 11.5 Å². The molecule has 0 saturated carbocycles. The molecule has 0 aliphatic rings. The van der Waals surface area contributed by atoms with Gasteiger partial charge in [-0.15, -0.1) is 6.42 Å². The maximum Gasteiger partial charge on any atom is 0.317 e. The Morgan fingerprint density at radius 3 is 2.67 bits per heavy atom. The normalized spacial score (nSPS) is 12.1. The second-order valence-corrected chi connectivity index (χ2v) is 3.99. The maximum atomic E-state index is 10.8. The van der Waals surface area contributed by atoms with Crippen molar-refractivity contribution in [3.05, 3.63) is 29.8 Å². The molecule has 0 aliphatic heterocycles. The molecule has 0 saturated heterocycles. The summed E-state index contributed by atoms with van der Waals surface area (Å²) < 4.78 is 0. The lowest BCUT2D eigenvalue weighted by Gasteiger charge is -2.28. The first kappa shape index (κ1) is 14.1. The van der Waals surface area contributed by atoms with Gasteiger partial charge in [0.05, 0.1) is 13.1 Å². The first-order valence-corrected chi connectivity index (χ1v) is 5.77. The van der Waals surface area contributed by atoms with Crippen LogP contribution in [0.4, 0.5) is 0 Å². The summed E-state index contributed by atoms with van der Waals surface area (Å²) in [5.41, 5.74) is 0.705. The molecule has 4 heteroatoms. The summed E-state index contributed by atoms with van der Waals surface area (Å²) >= 11 is 0. The molecule has 0 radical (unpaired) electrons. The predicted octanol–water partition coefficient (Wildman–Crippen LogP) is 1.86. The SMILES string of the molecule is C#CCN(CC(=O)O)C(CC)c1ccccc1O. The molecule has 18 heavy (non-hydrogen) atoms. The number of phenolic OH excluding ortho intramolecular Hbond substituents is 1. The third-order valence-corrected chi connectivity index (χ3v) is 2.76. The number of hydrogen-bond donors (Lipinski definition) is 2. The quantitative estimate of drug-likeness (QED) is 0.753. The molecule has 4 nitrogen and oxygen atoms in total. The molecular formula is C14H17NO3. The van der Waals surface area contributed by atoms with E-state index in [9.17, 15) is 9.90 Å². The zero-order valence-corrected chi connectivity index (χ0v) is 10.3. The smallest absolute Gasteiger partial charge is 0.317 e. The van der Waals surface area contributed by atoms with E-state index in [0.29, 0.717) is 12.0 Å². The van der Waals surface area contributed by atoms with Gasteiger partial charge in [0.15, 0.2) is 0 Å². The second-order valence-electron chi connectivity index (χ2n) is 3.99. The van der Waals surface area contributed by atoms with Crippen LogP contribution >= 0.6 is 0 Å². The van der Waals surface area contributed by atoms with E-state index in [-0.39, 0.29) is 24.9 Å². The fourth-order valence-electron chi connectivity index (χ4n) is 2.01. The Labute approximate surface area is 107 Å². The number of phenols is 1. The monoisotopic (exact) mass is 247 g/mol. The van der Waals surface area contributed by atoms with Crippen LogP contribution in [0.3, 0.4) is 0 Å². The van der Waals surface area contributed by atoms with Crippen molar-refractivity contribution < 1.29 is 15.0 Å². The molecule has 1 rings (SSSR count). The van der Waals surface area contributed by atoms with Crippen LogP contribution in [0.2, 0.25) is 0 Å². The van der Waals surface area contributed by atoms with E-state index in [0.717, 1.165) is 0 Å². The highest BCUT2D eigenvalue weighted by molar-refractivity contribution is 5.69. The Morgan fingerprint density at radius 2 is 2.17 bits per heavy atom. The van der Waals surface area contributed by atoms with Crippen LogP contribution in [0.1, 0.15) is 24.9 Å². The number of carboxylic acids is 1. The number of benzene rings is 1. The van der Waals surface area contributed by atoms with Gasteiger partial charge in [-0.25, -0.2) is 0 Å². The van der Waals surface area contributed by atoms with Gasteiger partial charge in [0.25, 0.3) is 0 Å². The Hall–Kier alpha value is -1.99. The number of aromatic hydroxyl groups is 1. The van der Waals surface area contributed by atoms with Crippen LogP contribution in [0.15, 0.2) is 24.3 Å². The lowest BCUT2D eigenvalue weighted by molar-refractivity contribution is -0.138. The topological polar surface area (TPSA) is 60.8 Å². The highest BCUT2D eigenvalue weighted by Gasteiger charge is 2.22. The van der Waals surface area contributed by atoms with Crippen LogP contribution in [-0.2, 0) is 4.79 Å². The third kappa shape index (κ3) is 3.51. The van der Waals surface area contributed by atoms with Crippen molar-refractivity contribution in [3.63, 3.8) is 0 Å². The predicted molar refractivity (Wildman–Crippen MR) is 69.2 cm³/mol. The van der Waals surface area contributed by atoms with E-state index in [2.05, 4.69) is 5.92 Å². The van der Waals surface area contributed by atoms with Gasteiger partial charge < -0.3 is 10.2 Å². The van der Waals surface area contributed by atoms with Crippen molar-refractivity contribution >= 4 is 5.97 Å². The van der Waals surface area contributed by atoms with Gasteiger partial charge in [-0.3, -0.25) is 9.69 Å². The van der Waals surface area contributed by atoms with Crippen molar-refractivity contribution in [3.8, 4) is 18.1 Å². The Morgan fingerprint density at radius 1 is 1.50 bits per heavy atom. The van der Waals surface area contributed by atoms with Gasteiger partial charge in [-0.1, -0.05) is 31.0 Å². The number of hydrogen-bond acceptors (Lipinski definition) is 3. The Balaban J connectivity index is 3.02. The molecular weight excluding hydrogens is 230 g/mol. The average Bonchev–Trinajstić information content (AvgIpc) is 2.32. The molecule has 0 aliphatic carbocycles. The molecule has 1 aromatic carbocycles. The Kier molecular flexibility index (Phi) is 5.22. The van der Waals surface area contributed by atoms with E-state index in [1.54, 1.807) is 23.1 Å². The summed E-state index contributed by atoms with van der Waals surface area (Å²) in [6.45, 7) is 2.03. The fourth-order valence-corrected chi connectivity index (χ4v) is 2.01. The van der Waals surface area contributed by atoms with E-state index >= 15 is 0 Å². The molecule has 1 aromatic rings. The minimum atomic E-state index is -0.931. The molecule has 1 unspecified atom stereocenters. The molecule has 0 aromatic heterocycles. The zero-order chi connectivity index (χ0) is 13.5. The highest BCUT2D eigenvalue weighted by Crippen LogP contribution is 2.30. The summed E-state index contributed by atoms with van der Waals surface area (Å²) in [6.07, 6.45) is 5.94. The first-order chi connectivity index (χ1) is 8.60. The van der Waals surface area contributed by atoms with Crippen LogP contribution in [-0.4, -0.2) is 34.2 Å². The van der Waals surface area contributed by atoms with Crippen molar-refractivity contribution in [2.24, 2.45) is 0 Å². The number of terminal acetylenes is 1. The van der Waals surface area contributed by atoms with E-state index in [1.807, 2.05) is 13.0 Å². The summed E-state index contributed by atoms with van der Waals surface area (Å²) in [5.74, 6) is 1.69. The van der Waals surface area contributed by atoms with E-state index < -0.39 is 5.97 Å². The maximum absolute atomic E-state index is 10.8. The standard InChI is InChI=1S/C14H17NO3/c1-3-9-15(10-14(17)18)12(4-2)11-7-5-6-8-13(11)16/h1,5-8,12,16H,4,9-10H2,2H3,(H,17,18). The number of rotatable bonds is 6. The highest BCUT2D eigenvalue weighted by atomic mass is 16.4. The van der Waals surface area contributed by atoms with Gasteiger partial charge in [0, 0.05) is 11.6 Å². The lowest BCUT2D eigenvalue weighted by Crippen LogP contribution is -2.33. The largest absolute Gasteiger partial charge is 0.508 e. The molecule has 96 valence electrons. The molecule has 0 bridgehead atoms. The minimum Gasteiger partial charge on any atom is -0.508 e. The summed E-state index contributed by atoms with van der Waals surface area (Å²) in [4.78, 5) is 12.5. The van der Waals surface area contributed by atoms with Gasteiger partial charge in [0.2, 0.25) is 0 Å². The molecule has 0 fully saturated rings. The lowest BCUT2D eigenvalue weighted by atomic mass is 10.0. The second kappa shape index (κ2) is 6.67. The van der Waals surface area contributed by atoms with Gasteiger partial charge in [0.1, 0.15) is 5.75 Å². The molecule has 0 amide bonds. The van der Waals surface area contributed by atoms with Gasteiger partial charge >= 0.3 is 5.97 Å². The average molecular weight is 247 g/mol. The van der Waals surface area contributed by atoms with Crippen LogP contribution < -0.4 is 0 Å². The van der Waals surface area contributed by atoms with E-state index in [1.165, 1.54) is 0 Å².